The summed E-state index contributed by atoms with van der Waals surface area (Å²) in [5, 5.41) is 2.84. The lowest BCUT2D eigenvalue weighted by Crippen LogP contribution is -2.38. The number of hydrogen-bond acceptors (Lipinski definition) is 4. The quantitative estimate of drug-likeness (QED) is 0.869. The molecule has 0 saturated carbocycles. The van der Waals surface area contributed by atoms with E-state index in [1.165, 1.54) is 6.26 Å². The van der Waals surface area contributed by atoms with Gasteiger partial charge in [0.25, 0.3) is 0 Å². The van der Waals surface area contributed by atoms with E-state index >= 15 is 0 Å². The molecule has 0 spiro atoms. The van der Waals surface area contributed by atoms with E-state index in [0.717, 1.165) is 16.9 Å². The highest BCUT2D eigenvalue weighted by Crippen LogP contribution is 2.18. The van der Waals surface area contributed by atoms with Crippen molar-refractivity contribution in [3.05, 3.63) is 59.5 Å². The second kappa shape index (κ2) is 7.53. The van der Waals surface area contributed by atoms with Gasteiger partial charge in [-0.1, -0.05) is 24.3 Å². The number of benzene rings is 1. The number of rotatable bonds is 6. The van der Waals surface area contributed by atoms with Crippen LogP contribution in [-0.4, -0.2) is 32.7 Å². The second-order valence-electron chi connectivity index (χ2n) is 5.85. The van der Waals surface area contributed by atoms with Crippen molar-refractivity contribution in [2.24, 2.45) is 0 Å². The van der Waals surface area contributed by atoms with Gasteiger partial charge in [-0.25, -0.2) is 13.2 Å². The number of sulfone groups is 1. The number of carbonyl (C=O) groups is 1. The number of amides is 2. The van der Waals surface area contributed by atoms with Crippen molar-refractivity contribution in [1.82, 2.24) is 10.2 Å². The first-order valence-corrected chi connectivity index (χ1v) is 9.62. The van der Waals surface area contributed by atoms with Gasteiger partial charge in [-0.05, 0) is 30.2 Å². The van der Waals surface area contributed by atoms with Gasteiger partial charge in [-0.2, -0.15) is 0 Å². The Morgan fingerprint density at radius 3 is 2.38 bits per heavy atom. The SMILES string of the molecule is CC(c1ccco1)N(C)C(=O)NCc1ccc(CS(C)(=O)=O)cc1. The summed E-state index contributed by atoms with van der Waals surface area (Å²) in [4.78, 5) is 13.8. The Balaban J connectivity index is 1.89. The Kier molecular flexibility index (Phi) is 5.66. The minimum absolute atomic E-state index is 0.0169. The molecular formula is C17H22N2O4S. The Bertz CT molecular complexity index is 767. The Labute approximate surface area is 142 Å². The van der Waals surface area contributed by atoms with Crippen LogP contribution < -0.4 is 5.32 Å². The molecule has 130 valence electrons. The average molecular weight is 350 g/mol. The van der Waals surface area contributed by atoms with Gasteiger partial charge in [0.2, 0.25) is 0 Å². The zero-order valence-electron chi connectivity index (χ0n) is 14.0. The maximum atomic E-state index is 12.2. The van der Waals surface area contributed by atoms with Crippen LogP contribution in [0.3, 0.4) is 0 Å². The molecule has 2 rings (SSSR count). The third-order valence-corrected chi connectivity index (χ3v) is 4.61. The molecule has 24 heavy (non-hydrogen) atoms. The number of nitrogens with zero attached hydrogens (tertiary/aromatic N) is 1. The zero-order valence-corrected chi connectivity index (χ0v) is 14.8. The van der Waals surface area contributed by atoms with E-state index in [4.69, 9.17) is 4.42 Å². The van der Waals surface area contributed by atoms with Gasteiger partial charge in [0.05, 0.1) is 18.1 Å². The fourth-order valence-electron chi connectivity index (χ4n) is 2.25. The van der Waals surface area contributed by atoms with Crippen molar-refractivity contribution in [3.8, 4) is 0 Å². The maximum Gasteiger partial charge on any atom is 0.318 e. The molecule has 0 bridgehead atoms. The van der Waals surface area contributed by atoms with Crippen LogP contribution in [0.1, 0.15) is 29.9 Å². The molecule has 0 fully saturated rings. The topological polar surface area (TPSA) is 79.6 Å². The highest BCUT2D eigenvalue weighted by Gasteiger charge is 2.19. The zero-order chi connectivity index (χ0) is 17.7. The molecule has 1 N–H and O–H groups in total. The number of hydrogen-bond donors (Lipinski definition) is 1. The van der Waals surface area contributed by atoms with Crippen molar-refractivity contribution in [1.29, 1.82) is 0 Å². The van der Waals surface area contributed by atoms with Crippen molar-refractivity contribution in [3.63, 3.8) is 0 Å². The van der Waals surface area contributed by atoms with Crippen molar-refractivity contribution >= 4 is 15.9 Å². The minimum atomic E-state index is -3.04. The van der Waals surface area contributed by atoms with Crippen LogP contribution in [0, 0.1) is 0 Å². The molecule has 0 radical (unpaired) electrons. The normalized spacial score (nSPS) is 12.6. The van der Waals surface area contributed by atoms with Gasteiger partial charge in [0.15, 0.2) is 9.84 Å². The van der Waals surface area contributed by atoms with Crippen LogP contribution in [0.15, 0.2) is 47.1 Å². The predicted octanol–water partition coefficient (Wildman–Crippen LogP) is 2.73. The van der Waals surface area contributed by atoms with Crippen LogP contribution >= 0.6 is 0 Å². The number of urea groups is 1. The van der Waals surface area contributed by atoms with E-state index in [1.807, 2.05) is 25.1 Å². The lowest BCUT2D eigenvalue weighted by atomic mass is 10.1. The Morgan fingerprint density at radius 1 is 1.21 bits per heavy atom. The van der Waals surface area contributed by atoms with Crippen molar-refractivity contribution in [2.45, 2.75) is 25.3 Å². The summed E-state index contributed by atoms with van der Waals surface area (Å²) < 4.78 is 27.8. The molecule has 0 saturated heterocycles. The van der Waals surface area contributed by atoms with Gasteiger partial charge >= 0.3 is 6.03 Å². The molecule has 1 heterocycles. The summed E-state index contributed by atoms with van der Waals surface area (Å²) in [6.07, 6.45) is 2.78. The third kappa shape index (κ3) is 5.13. The molecule has 0 aliphatic carbocycles. The van der Waals surface area contributed by atoms with Crippen LogP contribution in [0.25, 0.3) is 0 Å². The van der Waals surface area contributed by atoms with Gasteiger partial charge in [-0.15, -0.1) is 0 Å². The van der Waals surface area contributed by atoms with Gasteiger partial charge in [-0.3, -0.25) is 0 Å². The van der Waals surface area contributed by atoms with E-state index < -0.39 is 9.84 Å². The van der Waals surface area contributed by atoms with Gasteiger partial charge in [0.1, 0.15) is 5.76 Å². The molecule has 7 heteroatoms. The average Bonchev–Trinajstić information content (AvgIpc) is 3.05. The first-order valence-electron chi connectivity index (χ1n) is 7.56. The third-order valence-electron chi connectivity index (χ3n) is 3.75. The van der Waals surface area contributed by atoms with E-state index in [2.05, 4.69) is 5.32 Å². The molecule has 0 aliphatic heterocycles. The first kappa shape index (κ1) is 18.1. The molecule has 0 aliphatic rings. The molecular weight excluding hydrogens is 328 g/mol. The van der Waals surface area contributed by atoms with E-state index in [9.17, 15) is 13.2 Å². The van der Waals surface area contributed by atoms with E-state index in [0.29, 0.717) is 6.54 Å². The molecule has 1 aromatic carbocycles. The largest absolute Gasteiger partial charge is 0.467 e. The first-order chi connectivity index (χ1) is 11.3. The smallest absolute Gasteiger partial charge is 0.318 e. The number of furan rings is 1. The summed E-state index contributed by atoms with van der Waals surface area (Å²) in [7, 11) is -1.34. The van der Waals surface area contributed by atoms with Crippen LogP contribution in [-0.2, 0) is 22.1 Å². The monoisotopic (exact) mass is 350 g/mol. The molecule has 2 aromatic rings. The van der Waals surface area contributed by atoms with Gasteiger partial charge < -0.3 is 14.6 Å². The fraction of sp³-hybridized carbons (Fsp3) is 0.353. The lowest BCUT2D eigenvalue weighted by molar-refractivity contribution is 0.187. The number of carbonyl (C=O) groups excluding carboxylic acids is 1. The van der Waals surface area contributed by atoms with Crippen molar-refractivity contribution < 1.29 is 17.6 Å². The van der Waals surface area contributed by atoms with Crippen LogP contribution in [0.5, 0.6) is 0 Å². The Morgan fingerprint density at radius 2 is 1.83 bits per heavy atom. The predicted molar refractivity (Wildman–Crippen MR) is 92.1 cm³/mol. The number of nitrogens with one attached hydrogen (secondary N) is 1. The lowest BCUT2D eigenvalue weighted by Gasteiger charge is -2.23. The van der Waals surface area contributed by atoms with Gasteiger partial charge in [0, 0.05) is 19.8 Å². The molecule has 1 unspecified atom stereocenters. The van der Waals surface area contributed by atoms with E-state index in [-0.39, 0.29) is 17.8 Å². The molecule has 6 nitrogen and oxygen atoms in total. The summed E-state index contributed by atoms with van der Waals surface area (Å²) in [6, 6.07) is 10.4. The van der Waals surface area contributed by atoms with Crippen LogP contribution in [0.4, 0.5) is 4.79 Å². The Hall–Kier alpha value is -2.28. The highest BCUT2D eigenvalue weighted by molar-refractivity contribution is 7.89. The highest BCUT2D eigenvalue weighted by atomic mass is 32.2. The summed E-state index contributed by atoms with van der Waals surface area (Å²) >= 11 is 0. The minimum Gasteiger partial charge on any atom is -0.467 e. The van der Waals surface area contributed by atoms with Crippen molar-refractivity contribution in [2.75, 3.05) is 13.3 Å². The second-order valence-corrected chi connectivity index (χ2v) is 7.99. The summed E-state index contributed by atoms with van der Waals surface area (Å²) in [5.41, 5.74) is 1.63. The summed E-state index contributed by atoms with van der Waals surface area (Å²) in [6.45, 7) is 2.26. The van der Waals surface area contributed by atoms with Crippen LogP contribution in [0.2, 0.25) is 0 Å². The summed E-state index contributed by atoms with van der Waals surface area (Å²) in [5.74, 6) is 0.737. The maximum absolute atomic E-state index is 12.2. The van der Waals surface area contributed by atoms with E-state index in [1.54, 1.807) is 36.4 Å². The fourth-order valence-corrected chi connectivity index (χ4v) is 3.05. The standard InChI is InChI=1S/C17H22N2O4S/c1-13(16-5-4-10-23-16)19(2)17(20)18-11-14-6-8-15(9-7-14)12-24(3,21)22/h4-10,13H,11-12H2,1-3H3,(H,18,20). The molecule has 1 atom stereocenters. The molecule has 1 aromatic heterocycles. The molecule has 2 amide bonds.